The fourth-order valence-electron chi connectivity index (χ4n) is 3.08. The van der Waals surface area contributed by atoms with Crippen LogP contribution in [-0.4, -0.2) is 47.3 Å². The zero-order valence-electron chi connectivity index (χ0n) is 13.0. The summed E-state index contributed by atoms with van der Waals surface area (Å²) in [5.41, 5.74) is -0.119. The lowest BCUT2D eigenvalue weighted by Crippen LogP contribution is -2.51. The van der Waals surface area contributed by atoms with Crippen molar-refractivity contribution in [3.05, 3.63) is 0 Å². The summed E-state index contributed by atoms with van der Waals surface area (Å²) in [6.07, 6.45) is 7.80. The number of nitrogens with zero attached hydrogens (tertiary/aromatic N) is 1. The van der Waals surface area contributed by atoms with Gasteiger partial charge in [-0.1, -0.05) is 6.92 Å². The predicted molar refractivity (Wildman–Crippen MR) is 80.3 cm³/mol. The minimum absolute atomic E-state index is 0.119. The minimum atomic E-state index is -0.119. The van der Waals surface area contributed by atoms with E-state index in [2.05, 4.69) is 31.0 Å². The largest absolute Gasteiger partial charge is 0.394 e. The Bertz CT molecular complexity index is 276. The second-order valence-corrected chi connectivity index (χ2v) is 7.07. The van der Waals surface area contributed by atoms with Crippen molar-refractivity contribution < 1.29 is 5.11 Å². The SMILES string of the molecule is CCCNC(C)(CO)CC(C)N(CC1CC1)C1CC1. The monoisotopic (exact) mass is 268 g/mol. The lowest BCUT2D eigenvalue weighted by atomic mass is 9.93. The Morgan fingerprint density at radius 1 is 1.32 bits per heavy atom. The normalized spacial score (nSPS) is 24.5. The molecule has 3 nitrogen and oxygen atoms in total. The highest BCUT2D eigenvalue weighted by molar-refractivity contribution is 4.94. The standard InChI is InChI=1S/C16H32N2O/c1-4-9-17-16(3,12-19)10-13(2)18(15-7-8-15)11-14-5-6-14/h13-15,17,19H,4-12H2,1-3H3. The van der Waals surface area contributed by atoms with Crippen LogP contribution < -0.4 is 5.32 Å². The molecule has 0 saturated heterocycles. The highest BCUT2D eigenvalue weighted by Gasteiger charge is 2.38. The summed E-state index contributed by atoms with van der Waals surface area (Å²) >= 11 is 0. The summed E-state index contributed by atoms with van der Waals surface area (Å²) in [7, 11) is 0. The van der Waals surface area contributed by atoms with Crippen LogP contribution in [-0.2, 0) is 0 Å². The quantitative estimate of drug-likeness (QED) is 0.638. The maximum atomic E-state index is 9.71. The van der Waals surface area contributed by atoms with Gasteiger partial charge in [-0.2, -0.15) is 0 Å². The van der Waals surface area contributed by atoms with Gasteiger partial charge in [0.2, 0.25) is 0 Å². The summed E-state index contributed by atoms with van der Waals surface area (Å²) in [6.45, 7) is 9.22. The van der Waals surface area contributed by atoms with Gasteiger partial charge >= 0.3 is 0 Å². The van der Waals surface area contributed by atoms with Crippen LogP contribution in [0, 0.1) is 5.92 Å². The molecule has 0 aliphatic heterocycles. The molecule has 0 aromatic heterocycles. The molecule has 2 unspecified atom stereocenters. The molecule has 0 spiro atoms. The van der Waals surface area contributed by atoms with Gasteiger partial charge in [0.25, 0.3) is 0 Å². The predicted octanol–water partition coefficient (Wildman–Crippen LogP) is 2.39. The van der Waals surface area contributed by atoms with Gasteiger partial charge in [-0.15, -0.1) is 0 Å². The number of aliphatic hydroxyl groups excluding tert-OH is 1. The summed E-state index contributed by atoms with van der Waals surface area (Å²) < 4.78 is 0. The second kappa shape index (κ2) is 6.55. The molecule has 2 fully saturated rings. The second-order valence-electron chi connectivity index (χ2n) is 7.07. The average Bonchev–Trinajstić information content (AvgIpc) is 3.26. The zero-order valence-corrected chi connectivity index (χ0v) is 13.0. The van der Waals surface area contributed by atoms with Crippen molar-refractivity contribution in [2.45, 2.75) is 76.9 Å². The van der Waals surface area contributed by atoms with Crippen LogP contribution in [0.25, 0.3) is 0 Å². The van der Waals surface area contributed by atoms with Crippen molar-refractivity contribution in [2.75, 3.05) is 19.7 Å². The van der Waals surface area contributed by atoms with Gasteiger partial charge < -0.3 is 10.4 Å². The van der Waals surface area contributed by atoms with Gasteiger partial charge in [-0.3, -0.25) is 4.90 Å². The molecule has 112 valence electrons. The van der Waals surface area contributed by atoms with Crippen LogP contribution >= 0.6 is 0 Å². The summed E-state index contributed by atoms with van der Waals surface area (Å²) in [5.74, 6) is 0.965. The Balaban J connectivity index is 1.86. The Kier molecular flexibility index (Phi) is 5.27. The number of rotatable bonds is 10. The third kappa shape index (κ3) is 4.73. The maximum Gasteiger partial charge on any atom is 0.0611 e. The molecule has 2 aliphatic carbocycles. The molecule has 0 aromatic rings. The van der Waals surface area contributed by atoms with Crippen molar-refractivity contribution in [3.63, 3.8) is 0 Å². The molecule has 3 heteroatoms. The van der Waals surface area contributed by atoms with Crippen LogP contribution in [0.3, 0.4) is 0 Å². The molecule has 0 heterocycles. The molecule has 2 aliphatic rings. The highest BCUT2D eigenvalue weighted by Crippen LogP contribution is 2.37. The molecule has 0 amide bonds. The van der Waals surface area contributed by atoms with Gasteiger partial charge in [0.05, 0.1) is 6.61 Å². The molecule has 2 saturated carbocycles. The fraction of sp³-hybridized carbons (Fsp3) is 1.00. The summed E-state index contributed by atoms with van der Waals surface area (Å²) in [4.78, 5) is 2.72. The molecular formula is C16H32N2O. The van der Waals surface area contributed by atoms with E-state index < -0.39 is 0 Å². The van der Waals surface area contributed by atoms with Crippen LogP contribution in [0.15, 0.2) is 0 Å². The first-order valence-corrected chi connectivity index (χ1v) is 8.19. The van der Waals surface area contributed by atoms with Gasteiger partial charge in [-0.25, -0.2) is 0 Å². The van der Waals surface area contributed by atoms with E-state index in [-0.39, 0.29) is 12.1 Å². The van der Waals surface area contributed by atoms with Crippen LogP contribution in [0.4, 0.5) is 0 Å². The third-order valence-corrected chi connectivity index (χ3v) is 4.64. The third-order valence-electron chi connectivity index (χ3n) is 4.64. The first-order valence-electron chi connectivity index (χ1n) is 8.19. The number of hydrogen-bond donors (Lipinski definition) is 2. The van der Waals surface area contributed by atoms with E-state index in [9.17, 15) is 5.11 Å². The van der Waals surface area contributed by atoms with Crippen molar-refractivity contribution in [2.24, 2.45) is 5.92 Å². The molecule has 0 bridgehead atoms. The summed E-state index contributed by atoms with van der Waals surface area (Å²) in [6, 6.07) is 1.42. The Labute approximate surface area is 118 Å². The summed E-state index contributed by atoms with van der Waals surface area (Å²) in [5, 5.41) is 13.2. The van der Waals surface area contributed by atoms with Crippen molar-refractivity contribution in [3.8, 4) is 0 Å². The van der Waals surface area contributed by atoms with Gasteiger partial charge in [0.1, 0.15) is 0 Å². The van der Waals surface area contributed by atoms with E-state index >= 15 is 0 Å². The molecule has 19 heavy (non-hydrogen) atoms. The van der Waals surface area contributed by atoms with Crippen LogP contribution in [0.2, 0.25) is 0 Å². The molecule has 2 rings (SSSR count). The minimum Gasteiger partial charge on any atom is -0.394 e. The number of nitrogens with one attached hydrogen (secondary N) is 1. The number of hydrogen-bond acceptors (Lipinski definition) is 3. The zero-order chi connectivity index (χ0) is 13.9. The van der Waals surface area contributed by atoms with Gasteiger partial charge in [-0.05, 0) is 64.8 Å². The van der Waals surface area contributed by atoms with E-state index in [1.165, 1.54) is 32.2 Å². The van der Waals surface area contributed by atoms with E-state index in [4.69, 9.17) is 0 Å². The van der Waals surface area contributed by atoms with Gasteiger partial charge in [0, 0.05) is 24.2 Å². The Morgan fingerprint density at radius 2 is 2.00 bits per heavy atom. The molecule has 2 N–H and O–H groups in total. The van der Waals surface area contributed by atoms with Crippen molar-refractivity contribution >= 4 is 0 Å². The number of aliphatic hydroxyl groups is 1. The highest BCUT2D eigenvalue weighted by atomic mass is 16.3. The molecule has 0 aromatic carbocycles. The van der Waals surface area contributed by atoms with Crippen LogP contribution in [0.5, 0.6) is 0 Å². The van der Waals surface area contributed by atoms with Crippen molar-refractivity contribution in [1.29, 1.82) is 0 Å². The lowest BCUT2D eigenvalue weighted by Gasteiger charge is -2.37. The molecule has 2 atom stereocenters. The van der Waals surface area contributed by atoms with Crippen LogP contribution in [0.1, 0.15) is 59.3 Å². The fourth-order valence-corrected chi connectivity index (χ4v) is 3.08. The first-order chi connectivity index (χ1) is 9.08. The van der Waals surface area contributed by atoms with E-state index in [0.29, 0.717) is 6.04 Å². The maximum absolute atomic E-state index is 9.71. The first kappa shape index (κ1) is 15.3. The van der Waals surface area contributed by atoms with Gasteiger partial charge in [0.15, 0.2) is 0 Å². The average molecular weight is 268 g/mol. The van der Waals surface area contributed by atoms with E-state index in [1.54, 1.807) is 0 Å². The molecule has 0 radical (unpaired) electrons. The van der Waals surface area contributed by atoms with E-state index in [0.717, 1.165) is 31.3 Å². The molecular weight excluding hydrogens is 236 g/mol. The topological polar surface area (TPSA) is 35.5 Å². The Hall–Kier alpha value is -0.120. The Morgan fingerprint density at radius 3 is 2.47 bits per heavy atom. The van der Waals surface area contributed by atoms with E-state index in [1.807, 2.05) is 0 Å². The smallest absolute Gasteiger partial charge is 0.0611 e. The lowest BCUT2D eigenvalue weighted by molar-refractivity contribution is 0.107. The van der Waals surface area contributed by atoms with Crippen molar-refractivity contribution in [1.82, 2.24) is 10.2 Å².